The molecule has 3 aromatic rings. The Hall–Kier alpha value is -3.74. The van der Waals surface area contributed by atoms with Crippen molar-refractivity contribution in [1.29, 1.82) is 0 Å². The molecule has 0 radical (unpaired) electrons. The Morgan fingerprint density at radius 3 is 2.59 bits per heavy atom. The van der Waals surface area contributed by atoms with E-state index < -0.39 is 6.10 Å². The highest BCUT2D eigenvalue weighted by atomic mass is 19.1. The van der Waals surface area contributed by atoms with Crippen LogP contribution in [0.15, 0.2) is 66.9 Å². The smallest absolute Gasteiger partial charge is 0.260 e. The third kappa shape index (κ3) is 6.73. The van der Waals surface area contributed by atoms with Gasteiger partial charge in [0.2, 0.25) is 5.91 Å². The number of benzene rings is 2. The van der Waals surface area contributed by atoms with Gasteiger partial charge in [0.1, 0.15) is 11.6 Å². The molecular weight excluding hydrogens is 469 g/mol. The third-order valence-electron chi connectivity index (χ3n) is 6.52. The highest BCUT2D eigenvalue weighted by Crippen LogP contribution is 2.38. The highest BCUT2D eigenvalue weighted by Gasteiger charge is 2.32. The molecule has 0 saturated carbocycles. The number of halogens is 1. The van der Waals surface area contributed by atoms with Crippen molar-refractivity contribution in [2.45, 2.75) is 52.2 Å². The molecule has 0 unspecified atom stereocenters. The van der Waals surface area contributed by atoms with Crippen molar-refractivity contribution in [1.82, 2.24) is 15.2 Å². The molecule has 6 nitrogen and oxygen atoms in total. The van der Waals surface area contributed by atoms with Gasteiger partial charge in [0.25, 0.3) is 5.91 Å². The molecule has 0 aliphatic carbocycles. The molecule has 1 aliphatic rings. The first-order chi connectivity index (χ1) is 17.8. The number of pyridine rings is 1. The summed E-state index contributed by atoms with van der Waals surface area (Å²) in [5.74, 6) is 0.324. The van der Waals surface area contributed by atoms with Gasteiger partial charge in [0, 0.05) is 37.8 Å². The Balaban J connectivity index is 1.51. The van der Waals surface area contributed by atoms with E-state index in [1.807, 2.05) is 55.1 Å². The van der Waals surface area contributed by atoms with Crippen LogP contribution in [0.5, 0.6) is 5.75 Å². The molecule has 7 heteroatoms. The van der Waals surface area contributed by atoms with Crippen molar-refractivity contribution in [2.24, 2.45) is 5.92 Å². The van der Waals surface area contributed by atoms with E-state index in [-0.39, 0.29) is 29.6 Å². The van der Waals surface area contributed by atoms with Crippen LogP contribution in [0.2, 0.25) is 0 Å². The van der Waals surface area contributed by atoms with E-state index in [1.54, 1.807) is 25.3 Å². The van der Waals surface area contributed by atoms with E-state index in [0.717, 1.165) is 28.8 Å². The van der Waals surface area contributed by atoms with Crippen molar-refractivity contribution in [2.75, 3.05) is 13.1 Å². The van der Waals surface area contributed by atoms with Gasteiger partial charge in [-0.05, 0) is 72.4 Å². The summed E-state index contributed by atoms with van der Waals surface area (Å²) in [5.41, 5.74) is 3.81. The molecule has 1 aliphatic heterocycles. The van der Waals surface area contributed by atoms with Crippen LogP contribution in [0.1, 0.15) is 55.6 Å². The summed E-state index contributed by atoms with van der Waals surface area (Å²) in [5, 5.41) is 2.90. The number of rotatable bonds is 9. The number of carbonyl (C=O) groups is 2. The van der Waals surface area contributed by atoms with E-state index in [1.165, 1.54) is 12.1 Å². The summed E-state index contributed by atoms with van der Waals surface area (Å²) in [6.07, 6.45) is 2.83. The summed E-state index contributed by atoms with van der Waals surface area (Å²) in [6.45, 7) is 6.82. The Kier molecular flexibility index (Phi) is 8.54. The van der Waals surface area contributed by atoms with Crippen LogP contribution in [-0.2, 0) is 22.4 Å². The van der Waals surface area contributed by atoms with Crippen LogP contribution < -0.4 is 10.1 Å². The van der Waals surface area contributed by atoms with E-state index >= 15 is 0 Å². The average molecular weight is 504 g/mol. The van der Waals surface area contributed by atoms with E-state index in [2.05, 4.69) is 10.3 Å². The van der Waals surface area contributed by atoms with Crippen LogP contribution in [0, 0.1) is 11.7 Å². The number of nitrogens with one attached hydrogen (secondary N) is 1. The maximum absolute atomic E-state index is 13.7. The minimum absolute atomic E-state index is 0.0712. The lowest BCUT2D eigenvalue weighted by atomic mass is 9.87. The maximum atomic E-state index is 13.7. The number of ether oxygens (including phenoxy) is 1. The molecule has 1 aromatic heterocycles. The monoisotopic (exact) mass is 503 g/mol. The molecule has 0 spiro atoms. The second-order valence-electron chi connectivity index (χ2n) is 9.87. The van der Waals surface area contributed by atoms with Gasteiger partial charge in [-0.15, -0.1) is 0 Å². The third-order valence-corrected chi connectivity index (χ3v) is 6.52. The molecule has 1 N–H and O–H groups in total. The second kappa shape index (κ2) is 12.0. The highest BCUT2D eigenvalue weighted by molar-refractivity contribution is 5.80. The summed E-state index contributed by atoms with van der Waals surface area (Å²) in [6, 6.07) is 17.4. The molecule has 0 bridgehead atoms. The Morgan fingerprint density at radius 1 is 1.11 bits per heavy atom. The fraction of sp³-hybridized carbons (Fsp3) is 0.367. The fourth-order valence-corrected chi connectivity index (χ4v) is 4.67. The van der Waals surface area contributed by atoms with Crippen LogP contribution in [0.4, 0.5) is 4.39 Å². The lowest BCUT2D eigenvalue weighted by molar-refractivity contribution is -0.134. The first kappa shape index (κ1) is 26.3. The van der Waals surface area contributed by atoms with Gasteiger partial charge in [-0.25, -0.2) is 4.39 Å². The van der Waals surface area contributed by atoms with Gasteiger partial charge in [0.15, 0.2) is 6.10 Å². The summed E-state index contributed by atoms with van der Waals surface area (Å²) in [4.78, 5) is 32.0. The Labute approximate surface area is 217 Å². The molecule has 2 heterocycles. The fourth-order valence-electron chi connectivity index (χ4n) is 4.67. The average Bonchev–Trinajstić information content (AvgIpc) is 2.88. The Bertz CT molecular complexity index is 1210. The minimum atomic E-state index is -0.701. The zero-order chi connectivity index (χ0) is 26.4. The minimum Gasteiger partial charge on any atom is -0.481 e. The molecule has 4 rings (SSSR count). The largest absolute Gasteiger partial charge is 0.481 e. The maximum Gasteiger partial charge on any atom is 0.260 e. The summed E-state index contributed by atoms with van der Waals surface area (Å²) in [7, 11) is 0. The lowest BCUT2D eigenvalue weighted by Gasteiger charge is -2.38. The lowest BCUT2D eigenvalue weighted by Crippen LogP contribution is -2.41. The van der Waals surface area contributed by atoms with Crippen molar-refractivity contribution in [3.8, 4) is 5.75 Å². The molecule has 194 valence electrons. The van der Waals surface area contributed by atoms with Crippen LogP contribution in [0.3, 0.4) is 0 Å². The molecule has 37 heavy (non-hydrogen) atoms. The molecule has 0 fully saturated rings. The number of amides is 2. The van der Waals surface area contributed by atoms with Crippen molar-refractivity contribution >= 4 is 11.8 Å². The number of nitrogens with zero attached hydrogens (tertiary/aromatic N) is 2. The number of hydrogen-bond acceptors (Lipinski definition) is 4. The second-order valence-corrected chi connectivity index (χ2v) is 9.87. The normalized spacial score (nSPS) is 15.7. The van der Waals surface area contributed by atoms with Gasteiger partial charge in [-0.2, -0.15) is 0 Å². The van der Waals surface area contributed by atoms with Crippen LogP contribution in [0.25, 0.3) is 0 Å². The van der Waals surface area contributed by atoms with Gasteiger partial charge in [0.05, 0.1) is 6.04 Å². The summed E-state index contributed by atoms with van der Waals surface area (Å²) >= 11 is 0. The standard InChI is InChI=1S/C30H34FN3O3/c1-20(2)18-28(35)34-17-14-22-9-12-26(19-27(22)29(34)23-7-10-24(31)11-8-23)37-21(3)30(36)33-16-13-25-6-4-5-15-32-25/h4-12,15,19-21,29H,13-14,16-18H2,1-3H3,(H,33,36)/t21-,29+/m0/s1. The van der Waals surface area contributed by atoms with Crippen molar-refractivity contribution < 1.29 is 18.7 Å². The molecule has 2 amide bonds. The van der Waals surface area contributed by atoms with Gasteiger partial charge in [-0.1, -0.05) is 38.1 Å². The molecule has 2 atom stereocenters. The molecule has 2 aromatic carbocycles. The van der Waals surface area contributed by atoms with Crippen LogP contribution >= 0.6 is 0 Å². The zero-order valence-electron chi connectivity index (χ0n) is 21.6. The van der Waals surface area contributed by atoms with E-state index in [0.29, 0.717) is 31.7 Å². The number of hydrogen-bond donors (Lipinski definition) is 1. The van der Waals surface area contributed by atoms with Crippen molar-refractivity contribution in [3.05, 3.63) is 95.1 Å². The molecule has 0 saturated heterocycles. The van der Waals surface area contributed by atoms with Gasteiger partial charge >= 0.3 is 0 Å². The number of carbonyl (C=O) groups excluding carboxylic acids is 2. The Morgan fingerprint density at radius 2 is 1.89 bits per heavy atom. The number of aromatic nitrogens is 1. The quantitative estimate of drug-likeness (QED) is 0.452. The van der Waals surface area contributed by atoms with Gasteiger partial charge < -0.3 is 15.0 Å². The first-order valence-corrected chi connectivity index (χ1v) is 12.8. The number of fused-ring (bicyclic) bond motifs is 1. The topological polar surface area (TPSA) is 71.5 Å². The SMILES string of the molecule is CC(C)CC(=O)N1CCc2ccc(O[C@@H](C)C(=O)NCCc3ccccn3)cc2[C@H]1c1ccc(F)cc1. The van der Waals surface area contributed by atoms with E-state index in [9.17, 15) is 14.0 Å². The molecular formula is C30H34FN3O3. The van der Waals surface area contributed by atoms with E-state index in [4.69, 9.17) is 4.74 Å². The summed E-state index contributed by atoms with van der Waals surface area (Å²) < 4.78 is 19.7. The van der Waals surface area contributed by atoms with Crippen LogP contribution in [-0.4, -0.2) is 40.9 Å². The van der Waals surface area contributed by atoms with Crippen molar-refractivity contribution in [3.63, 3.8) is 0 Å². The predicted octanol–water partition coefficient (Wildman–Crippen LogP) is 4.87. The zero-order valence-corrected chi connectivity index (χ0v) is 21.6. The first-order valence-electron chi connectivity index (χ1n) is 12.8. The van der Waals surface area contributed by atoms with Gasteiger partial charge in [-0.3, -0.25) is 14.6 Å². The predicted molar refractivity (Wildman–Crippen MR) is 141 cm³/mol.